The van der Waals surface area contributed by atoms with Gasteiger partial charge in [0, 0.05) is 24.0 Å². The highest BCUT2D eigenvalue weighted by atomic mass is 16.2. The van der Waals surface area contributed by atoms with Crippen LogP contribution in [0.4, 0.5) is 17.1 Å². The number of anilines is 3. The van der Waals surface area contributed by atoms with Crippen LogP contribution in [0.5, 0.6) is 0 Å². The third-order valence-electron chi connectivity index (χ3n) is 3.93. The maximum absolute atomic E-state index is 12.5. The molecule has 0 saturated carbocycles. The lowest BCUT2D eigenvalue weighted by molar-refractivity contribution is -0.114. The maximum Gasteiger partial charge on any atom is 0.274 e. The minimum absolute atomic E-state index is 0.0624. The first-order valence-corrected chi connectivity index (χ1v) is 8.92. The Morgan fingerprint density at radius 2 is 1.30 bits per heavy atom. The van der Waals surface area contributed by atoms with Crippen molar-refractivity contribution < 1.29 is 14.4 Å². The summed E-state index contributed by atoms with van der Waals surface area (Å²) in [4.78, 5) is 40.3. The minimum atomic E-state index is -0.497. The molecule has 0 bridgehead atoms. The van der Waals surface area contributed by atoms with Crippen LogP contribution < -0.4 is 16.0 Å². The average Bonchev–Trinajstić information content (AvgIpc) is 2.74. The summed E-state index contributed by atoms with van der Waals surface area (Å²) < 4.78 is 0. The van der Waals surface area contributed by atoms with Crippen molar-refractivity contribution in [3.05, 3.63) is 83.7 Å². The van der Waals surface area contributed by atoms with E-state index in [1.165, 1.54) is 19.1 Å². The smallest absolute Gasteiger partial charge is 0.274 e. The fourth-order valence-corrected chi connectivity index (χ4v) is 2.58. The molecule has 3 aromatic rings. The molecule has 0 atom stereocenters. The van der Waals surface area contributed by atoms with Crippen LogP contribution in [0, 0.1) is 11.3 Å². The van der Waals surface area contributed by atoms with Crippen molar-refractivity contribution in [2.75, 3.05) is 16.0 Å². The number of benzene rings is 2. The van der Waals surface area contributed by atoms with E-state index < -0.39 is 11.8 Å². The lowest BCUT2D eigenvalue weighted by Crippen LogP contribution is -2.18. The molecule has 3 N–H and O–H groups in total. The Balaban J connectivity index is 1.71. The highest BCUT2D eigenvalue weighted by Gasteiger charge is 2.13. The lowest BCUT2D eigenvalue weighted by atomic mass is 10.2. The van der Waals surface area contributed by atoms with Crippen molar-refractivity contribution in [3.63, 3.8) is 0 Å². The summed E-state index contributed by atoms with van der Waals surface area (Å²) in [5, 5.41) is 16.8. The van der Waals surface area contributed by atoms with Crippen LogP contribution in [0.3, 0.4) is 0 Å². The molecule has 2 aromatic carbocycles. The van der Waals surface area contributed by atoms with Crippen LogP contribution >= 0.6 is 0 Å². The van der Waals surface area contributed by atoms with E-state index in [-0.39, 0.29) is 17.3 Å². The highest BCUT2D eigenvalue weighted by Crippen LogP contribution is 2.16. The number of hydrogen-bond donors (Lipinski definition) is 3. The lowest BCUT2D eigenvalue weighted by Gasteiger charge is -2.09. The Kier molecular flexibility index (Phi) is 6.15. The first-order valence-electron chi connectivity index (χ1n) is 8.92. The standard InChI is InChI=1S/C22H17N5O3/c1-14(28)24-17-4-2-5-18(12-17)26-22(30)20-7-3-6-19(27-20)21(29)25-16-10-8-15(13-23)9-11-16/h2-12H,1H3,(H,24,28)(H,25,29)(H,26,30). The Morgan fingerprint density at radius 3 is 1.87 bits per heavy atom. The second kappa shape index (κ2) is 9.12. The number of nitrogens with zero attached hydrogens (tertiary/aromatic N) is 2. The molecule has 0 unspecified atom stereocenters. The van der Waals surface area contributed by atoms with Crippen LogP contribution in [0.1, 0.15) is 33.5 Å². The molecule has 0 fully saturated rings. The molecule has 1 heterocycles. The van der Waals surface area contributed by atoms with Crippen LogP contribution in [-0.2, 0) is 4.79 Å². The van der Waals surface area contributed by atoms with Gasteiger partial charge in [0.05, 0.1) is 11.6 Å². The number of nitriles is 1. The molecule has 0 radical (unpaired) electrons. The van der Waals surface area contributed by atoms with Gasteiger partial charge in [-0.05, 0) is 54.6 Å². The second-order valence-electron chi connectivity index (χ2n) is 6.27. The topological polar surface area (TPSA) is 124 Å². The first-order chi connectivity index (χ1) is 14.4. The molecule has 0 aliphatic heterocycles. The van der Waals surface area contributed by atoms with E-state index in [1.807, 2.05) is 6.07 Å². The summed E-state index contributed by atoms with van der Waals surface area (Å²) in [6.45, 7) is 1.39. The molecule has 8 nitrogen and oxygen atoms in total. The molecular formula is C22H17N5O3. The SMILES string of the molecule is CC(=O)Nc1cccc(NC(=O)c2cccc(C(=O)Nc3ccc(C#N)cc3)n2)c1. The van der Waals surface area contributed by atoms with E-state index in [2.05, 4.69) is 20.9 Å². The van der Waals surface area contributed by atoms with Gasteiger partial charge in [-0.2, -0.15) is 5.26 Å². The number of carbonyl (C=O) groups is 3. The summed E-state index contributed by atoms with van der Waals surface area (Å²) in [5.74, 6) is -1.20. The Bertz CT molecular complexity index is 1150. The number of carbonyl (C=O) groups excluding carboxylic acids is 3. The van der Waals surface area contributed by atoms with Crippen LogP contribution in [0.2, 0.25) is 0 Å². The number of pyridine rings is 1. The van der Waals surface area contributed by atoms with Gasteiger partial charge in [0.25, 0.3) is 11.8 Å². The van der Waals surface area contributed by atoms with E-state index in [1.54, 1.807) is 54.6 Å². The molecule has 0 saturated heterocycles. The van der Waals surface area contributed by atoms with Crippen molar-refractivity contribution in [1.29, 1.82) is 5.26 Å². The number of nitrogens with one attached hydrogen (secondary N) is 3. The molecular weight excluding hydrogens is 382 g/mol. The molecule has 8 heteroatoms. The fourth-order valence-electron chi connectivity index (χ4n) is 2.58. The van der Waals surface area contributed by atoms with Crippen molar-refractivity contribution in [1.82, 2.24) is 4.98 Å². The van der Waals surface area contributed by atoms with Gasteiger partial charge < -0.3 is 16.0 Å². The zero-order chi connectivity index (χ0) is 21.5. The fraction of sp³-hybridized carbons (Fsp3) is 0.0455. The average molecular weight is 399 g/mol. The van der Waals surface area contributed by atoms with Gasteiger partial charge >= 0.3 is 0 Å². The zero-order valence-corrected chi connectivity index (χ0v) is 16.0. The number of rotatable bonds is 5. The van der Waals surface area contributed by atoms with Gasteiger partial charge in [0.15, 0.2) is 0 Å². The van der Waals surface area contributed by atoms with E-state index in [0.29, 0.717) is 22.6 Å². The molecule has 3 amide bonds. The third kappa shape index (κ3) is 5.27. The maximum atomic E-state index is 12.5. The van der Waals surface area contributed by atoms with Gasteiger partial charge in [-0.25, -0.2) is 4.98 Å². The molecule has 148 valence electrons. The molecule has 0 aliphatic rings. The second-order valence-corrected chi connectivity index (χ2v) is 6.27. The quantitative estimate of drug-likeness (QED) is 0.606. The number of amides is 3. The first kappa shape index (κ1) is 20.2. The Hall–Kier alpha value is -4.51. The van der Waals surface area contributed by atoms with Crippen molar-refractivity contribution in [2.24, 2.45) is 0 Å². The number of aromatic nitrogens is 1. The van der Waals surface area contributed by atoms with Crippen LogP contribution in [-0.4, -0.2) is 22.7 Å². The van der Waals surface area contributed by atoms with E-state index in [9.17, 15) is 14.4 Å². The predicted molar refractivity (Wildman–Crippen MR) is 112 cm³/mol. The monoisotopic (exact) mass is 399 g/mol. The molecule has 1 aromatic heterocycles. The largest absolute Gasteiger partial charge is 0.326 e. The van der Waals surface area contributed by atoms with Crippen LogP contribution in [0.25, 0.3) is 0 Å². The summed E-state index contributed by atoms with van der Waals surface area (Å²) in [6.07, 6.45) is 0. The Morgan fingerprint density at radius 1 is 0.767 bits per heavy atom. The van der Waals surface area contributed by atoms with Crippen molar-refractivity contribution in [2.45, 2.75) is 6.92 Å². The predicted octanol–water partition coefficient (Wildman–Crippen LogP) is 3.42. The van der Waals surface area contributed by atoms with Crippen molar-refractivity contribution >= 4 is 34.8 Å². The van der Waals surface area contributed by atoms with Crippen LogP contribution in [0.15, 0.2) is 66.7 Å². The minimum Gasteiger partial charge on any atom is -0.326 e. The summed E-state index contributed by atoms with van der Waals surface area (Å²) >= 11 is 0. The van der Waals surface area contributed by atoms with Gasteiger partial charge in [-0.3, -0.25) is 14.4 Å². The normalized spacial score (nSPS) is 9.87. The van der Waals surface area contributed by atoms with Gasteiger partial charge in [-0.15, -0.1) is 0 Å². The molecule has 0 spiro atoms. The van der Waals surface area contributed by atoms with E-state index >= 15 is 0 Å². The van der Waals surface area contributed by atoms with Gasteiger partial charge in [0.2, 0.25) is 5.91 Å². The van der Waals surface area contributed by atoms with E-state index in [4.69, 9.17) is 5.26 Å². The van der Waals surface area contributed by atoms with Gasteiger partial charge in [0.1, 0.15) is 11.4 Å². The molecule has 0 aliphatic carbocycles. The Labute approximate surface area is 172 Å². The number of hydrogen-bond acceptors (Lipinski definition) is 5. The van der Waals surface area contributed by atoms with Gasteiger partial charge in [-0.1, -0.05) is 12.1 Å². The van der Waals surface area contributed by atoms with E-state index in [0.717, 1.165) is 0 Å². The van der Waals surface area contributed by atoms with Crippen molar-refractivity contribution in [3.8, 4) is 6.07 Å². The highest BCUT2D eigenvalue weighted by molar-refractivity contribution is 6.06. The third-order valence-corrected chi connectivity index (χ3v) is 3.93. The molecule has 30 heavy (non-hydrogen) atoms. The summed E-state index contributed by atoms with van der Waals surface area (Å²) in [5.41, 5.74) is 2.13. The summed E-state index contributed by atoms with van der Waals surface area (Å²) in [7, 11) is 0. The summed E-state index contributed by atoms with van der Waals surface area (Å²) in [6, 6.07) is 19.6. The zero-order valence-electron chi connectivity index (χ0n) is 16.0. The molecule has 3 rings (SSSR count).